The first-order valence-electron chi connectivity index (χ1n) is 4.02. The summed E-state index contributed by atoms with van der Waals surface area (Å²) in [5, 5.41) is 0. The normalized spacial score (nSPS) is 15.9. The molecule has 6 heteroatoms. The summed E-state index contributed by atoms with van der Waals surface area (Å²) in [5.41, 5.74) is -0.366. The van der Waals surface area contributed by atoms with E-state index in [1.165, 1.54) is 27.9 Å². The van der Waals surface area contributed by atoms with E-state index in [1.54, 1.807) is 0 Å². The maximum absolute atomic E-state index is 11.1. The highest BCUT2D eigenvalue weighted by Gasteiger charge is 2.27. The molecule has 0 rings (SSSR count). The van der Waals surface area contributed by atoms with Crippen molar-refractivity contribution in [1.29, 1.82) is 0 Å². The number of hydrogen-bond donors (Lipinski definition) is 2. The van der Waals surface area contributed by atoms with Crippen LogP contribution in [-0.2, 0) is 14.1 Å². The maximum atomic E-state index is 11.1. The molecule has 14 heavy (non-hydrogen) atoms. The Bertz CT molecular complexity index is 301. The largest absolute Gasteiger partial charge is 0.466 e. The zero-order chi connectivity index (χ0) is 11.5. The van der Waals surface area contributed by atoms with Crippen LogP contribution in [0.15, 0.2) is 11.1 Å². The third kappa shape index (κ3) is 3.25. The summed E-state index contributed by atoms with van der Waals surface area (Å²) in [6.45, 7) is 4.37. The lowest BCUT2D eigenvalue weighted by Crippen LogP contribution is -2.12. The number of esters is 1. The molecule has 5 nitrogen and oxygen atoms in total. The van der Waals surface area contributed by atoms with E-state index in [9.17, 15) is 9.36 Å². The third-order valence-corrected chi connectivity index (χ3v) is 3.61. The Kier molecular flexibility index (Phi) is 4.52. The Hall–Kier alpha value is -0.640. The van der Waals surface area contributed by atoms with Gasteiger partial charge in [-0.25, -0.2) is 4.79 Å². The fraction of sp³-hybridized carbons (Fsp3) is 0.625. The standard InChI is InChI=1S/C8H15O5P/c1-5(6(2)8(9)13-4)7(3)14(10,11)12/h7H,1-4H3,(H2,10,11,12). The second-order valence-electron chi connectivity index (χ2n) is 3.06. The number of carbonyl (C=O) groups is 1. The molecule has 0 aliphatic carbocycles. The third-order valence-electron chi connectivity index (χ3n) is 2.21. The number of allylic oxidation sites excluding steroid dienone is 1. The Morgan fingerprint density at radius 2 is 1.79 bits per heavy atom. The zero-order valence-electron chi connectivity index (χ0n) is 8.64. The van der Waals surface area contributed by atoms with Gasteiger partial charge < -0.3 is 14.5 Å². The highest BCUT2D eigenvalue weighted by Crippen LogP contribution is 2.45. The lowest BCUT2D eigenvalue weighted by Gasteiger charge is -2.15. The van der Waals surface area contributed by atoms with Gasteiger partial charge in [-0.05, 0) is 26.3 Å². The Morgan fingerprint density at radius 3 is 2.07 bits per heavy atom. The topological polar surface area (TPSA) is 83.8 Å². The number of hydrogen-bond acceptors (Lipinski definition) is 3. The molecule has 2 N–H and O–H groups in total. The SMILES string of the molecule is COC(=O)C(C)=C(C)C(C)P(=O)(O)O. The van der Waals surface area contributed by atoms with Gasteiger partial charge in [-0.1, -0.05) is 0 Å². The molecule has 0 amide bonds. The van der Waals surface area contributed by atoms with Crippen LogP contribution >= 0.6 is 7.60 Å². The van der Waals surface area contributed by atoms with Crippen LogP contribution in [0.2, 0.25) is 0 Å². The molecule has 0 bridgehead atoms. The van der Waals surface area contributed by atoms with Crippen LogP contribution in [0.1, 0.15) is 20.8 Å². The van der Waals surface area contributed by atoms with Gasteiger partial charge in [0.15, 0.2) is 0 Å². The van der Waals surface area contributed by atoms with Crippen molar-refractivity contribution in [2.75, 3.05) is 7.11 Å². The molecule has 0 aliphatic rings. The highest BCUT2D eigenvalue weighted by atomic mass is 31.2. The molecule has 0 fully saturated rings. The summed E-state index contributed by atoms with van der Waals surface area (Å²) in [6.07, 6.45) is 0. The molecular weight excluding hydrogens is 207 g/mol. The average molecular weight is 222 g/mol. The predicted molar refractivity (Wildman–Crippen MR) is 51.9 cm³/mol. The average Bonchev–Trinajstić information content (AvgIpc) is 2.11. The van der Waals surface area contributed by atoms with Gasteiger partial charge in [0.05, 0.1) is 12.8 Å². The first-order valence-corrected chi connectivity index (χ1v) is 5.70. The Morgan fingerprint density at radius 1 is 1.36 bits per heavy atom. The van der Waals surface area contributed by atoms with Crippen LogP contribution < -0.4 is 0 Å². The van der Waals surface area contributed by atoms with Gasteiger partial charge in [-0.2, -0.15) is 0 Å². The fourth-order valence-corrected chi connectivity index (χ4v) is 1.58. The van der Waals surface area contributed by atoms with E-state index >= 15 is 0 Å². The molecule has 0 aromatic heterocycles. The van der Waals surface area contributed by atoms with Crippen LogP contribution in [-0.4, -0.2) is 28.5 Å². The molecule has 1 unspecified atom stereocenters. The van der Waals surface area contributed by atoms with E-state index in [1.807, 2.05) is 0 Å². The van der Waals surface area contributed by atoms with Crippen LogP contribution in [0.4, 0.5) is 0 Å². The Balaban J connectivity index is 5.02. The second kappa shape index (κ2) is 4.73. The molecule has 0 aromatic carbocycles. The maximum Gasteiger partial charge on any atom is 0.333 e. The summed E-state index contributed by atoms with van der Waals surface area (Å²) in [5.74, 6) is -0.567. The van der Waals surface area contributed by atoms with Crippen molar-refractivity contribution in [2.24, 2.45) is 0 Å². The van der Waals surface area contributed by atoms with Crippen LogP contribution in [0.25, 0.3) is 0 Å². The molecule has 0 saturated heterocycles. The van der Waals surface area contributed by atoms with E-state index in [0.29, 0.717) is 5.57 Å². The quantitative estimate of drug-likeness (QED) is 0.423. The molecule has 0 radical (unpaired) electrons. The fourth-order valence-electron chi connectivity index (χ4n) is 0.880. The van der Waals surface area contributed by atoms with Crippen molar-refractivity contribution in [3.05, 3.63) is 11.1 Å². The molecule has 0 aliphatic heterocycles. The first kappa shape index (κ1) is 13.4. The molecule has 0 heterocycles. The molecule has 0 aromatic rings. The van der Waals surface area contributed by atoms with E-state index in [2.05, 4.69) is 4.74 Å². The van der Waals surface area contributed by atoms with Gasteiger partial charge in [0.1, 0.15) is 0 Å². The number of carbonyl (C=O) groups excluding carboxylic acids is 1. The minimum Gasteiger partial charge on any atom is -0.466 e. The monoisotopic (exact) mass is 222 g/mol. The smallest absolute Gasteiger partial charge is 0.333 e. The first-order chi connectivity index (χ1) is 6.21. The number of ether oxygens (including phenoxy) is 1. The van der Waals surface area contributed by atoms with E-state index in [0.717, 1.165) is 0 Å². The van der Waals surface area contributed by atoms with Crippen molar-refractivity contribution >= 4 is 13.6 Å². The van der Waals surface area contributed by atoms with Crippen molar-refractivity contribution in [1.82, 2.24) is 0 Å². The summed E-state index contributed by atoms with van der Waals surface area (Å²) >= 11 is 0. The minimum atomic E-state index is -4.18. The van der Waals surface area contributed by atoms with Crippen molar-refractivity contribution in [3.63, 3.8) is 0 Å². The minimum absolute atomic E-state index is 0.239. The molecular formula is C8H15O5P. The second-order valence-corrected chi connectivity index (χ2v) is 5.02. The lowest BCUT2D eigenvalue weighted by molar-refractivity contribution is -0.136. The summed E-state index contributed by atoms with van der Waals surface area (Å²) in [4.78, 5) is 28.8. The molecule has 82 valence electrons. The van der Waals surface area contributed by atoms with Gasteiger partial charge in [-0.15, -0.1) is 0 Å². The zero-order valence-corrected chi connectivity index (χ0v) is 9.54. The summed E-state index contributed by atoms with van der Waals surface area (Å²) < 4.78 is 15.3. The lowest BCUT2D eigenvalue weighted by atomic mass is 10.1. The van der Waals surface area contributed by atoms with Gasteiger partial charge in [0, 0.05) is 5.57 Å². The van der Waals surface area contributed by atoms with Crippen molar-refractivity contribution < 1.29 is 23.9 Å². The van der Waals surface area contributed by atoms with Gasteiger partial charge in [0.25, 0.3) is 0 Å². The van der Waals surface area contributed by atoms with E-state index in [4.69, 9.17) is 9.79 Å². The van der Waals surface area contributed by atoms with E-state index in [-0.39, 0.29) is 5.57 Å². The predicted octanol–water partition coefficient (Wildman–Crippen LogP) is 1.06. The summed E-state index contributed by atoms with van der Waals surface area (Å²) in [7, 11) is -2.96. The number of methoxy groups -OCH3 is 1. The van der Waals surface area contributed by atoms with Crippen molar-refractivity contribution in [2.45, 2.75) is 26.4 Å². The molecule has 0 spiro atoms. The molecule has 1 atom stereocenters. The van der Waals surface area contributed by atoms with Crippen LogP contribution in [0.5, 0.6) is 0 Å². The Labute approximate surface area is 82.9 Å². The summed E-state index contributed by atoms with van der Waals surface area (Å²) in [6, 6.07) is 0. The van der Waals surface area contributed by atoms with Gasteiger partial charge in [-0.3, -0.25) is 4.57 Å². The van der Waals surface area contributed by atoms with Gasteiger partial charge in [0.2, 0.25) is 0 Å². The van der Waals surface area contributed by atoms with Crippen molar-refractivity contribution in [3.8, 4) is 0 Å². The highest BCUT2D eigenvalue weighted by molar-refractivity contribution is 7.52. The number of rotatable bonds is 3. The molecule has 0 saturated carbocycles. The van der Waals surface area contributed by atoms with Crippen LogP contribution in [0, 0.1) is 0 Å². The van der Waals surface area contributed by atoms with Gasteiger partial charge >= 0.3 is 13.6 Å². The van der Waals surface area contributed by atoms with E-state index < -0.39 is 19.2 Å². The van der Waals surface area contributed by atoms with Crippen LogP contribution in [0.3, 0.4) is 0 Å².